The number of sulfone groups is 1. The molecule has 0 saturated heterocycles. The number of nitrogens with one attached hydrogen (secondary N) is 1. The van der Waals surface area contributed by atoms with Crippen LogP contribution in [0, 0.1) is 0 Å². The van der Waals surface area contributed by atoms with E-state index < -0.39 is 32.7 Å². The molecule has 7 nitrogen and oxygen atoms in total. The molecule has 1 fully saturated rings. The monoisotopic (exact) mass is 277 g/mol. The van der Waals surface area contributed by atoms with Crippen molar-refractivity contribution in [2.24, 2.45) is 0 Å². The summed E-state index contributed by atoms with van der Waals surface area (Å²) in [5.74, 6) is -1.39. The maximum Gasteiger partial charge on any atom is 0.407 e. The third-order valence-corrected chi connectivity index (χ3v) is 4.83. The van der Waals surface area contributed by atoms with Gasteiger partial charge in [-0.2, -0.15) is 0 Å². The van der Waals surface area contributed by atoms with Gasteiger partial charge in [-0.3, -0.25) is 4.79 Å². The SMILES string of the molecule is C=CCOC(=O)NC1CC(C(=O)O)(S(C)(=O)=O)C1. The summed E-state index contributed by atoms with van der Waals surface area (Å²) in [5, 5.41) is 11.4. The van der Waals surface area contributed by atoms with Crippen LogP contribution in [0.25, 0.3) is 0 Å². The average Bonchev–Trinajstić information content (AvgIpc) is 2.16. The maximum absolute atomic E-state index is 11.4. The molecule has 102 valence electrons. The van der Waals surface area contributed by atoms with Crippen LogP contribution in [0.1, 0.15) is 12.8 Å². The largest absolute Gasteiger partial charge is 0.480 e. The quantitative estimate of drug-likeness (QED) is 0.681. The van der Waals surface area contributed by atoms with Gasteiger partial charge in [0.1, 0.15) is 6.61 Å². The first-order valence-electron chi connectivity index (χ1n) is 5.20. The van der Waals surface area contributed by atoms with E-state index in [2.05, 4.69) is 16.6 Å². The normalized spacial score (nSPS) is 26.8. The molecule has 0 unspecified atom stereocenters. The number of carboxylic acid groups (broad SMARTS) is 1. The van der Waals surface area contributed by atoms with Gasteiger partial charge in [-0.25, -0.2) is 13.2 Å². The molecular weight excluding hydrogens is 262 g/mol. The Labute approximate surface area is 105 Å². The van der Waals surface area contributed by atoms with Crippen LogP contribution in [0.3, 0.4) is 0 Å². The molecule has 0 heterocycles. The second-order valence-corrected chi connectivity index (χ2v) is 6.53. The summed E-state index contributed by atoms with van der Waals surface area (Å²) in [6.45, 7) is 3.40. The van der Waals surface area contributed by atoms with Gasteiger partial charge >= 0.3 is 12.1 Å². The number of carboxylic acids is 1. The van der Waals surface area contributed by atoms with E-state index in [9.17, 15) is 18.0 Å². The molecule has 0 bridgehead atoms. The van der Waals surface area contributed by atoms with Crippen molar-refractivity contribution in [3.63, 3.8) is 0 Å². The molecule has 1 amide bonds. The third-order valence-electron chi connectivity index (χ3n) is 2.91. The van der Waals surface area contributed by atoms with Crippen LogP contribution in [-0.4, -0.2) is 49.2 Å². The molecule has 0 atom stereocenters. The van der Waals surface area contributed by atoms with Crippen molar-refractivity contribution in [2.45, 2.75) is 23.6 Å². The number of amides is 1. The Balaban J connectivity index is 2.58. The summed E-state index contributed by atoms with van der Waals surface area (Å²) in [5.41, 5.74) is 0. The van der Waals surface area contributed by atoms with Gasteiger partial charge in [0, 0.05) is 12.3 Å². The van der Waals surface area contributed by atoms with Crippen LogP contribution in [0.4, 0.5) is 4.79 Å². The molecule has 8 heteroatoms. The molecular formula is C10H15NO6S. The second-order valence-electron chi connectivity index (χ2n) is 4.21. The lowest BCUT2D eigenvalue weighted by Crippen LogP contribution is -2.62. The van der Waals surface area contributed by atoms with Gasteiger partial charge in [-0.1, -0.05) is 12.7 Å². The van der Waals surface area contributed by atoms with Crippen LogP contribution in [-0.2, 0) is 19.4 Å². The summed E-state index contributed by atoms with van der Waals surface area (Å²) in [4.78, 5) is 22.2. The van der Waals surface area contributed by atoms with E-state index in [-0.39, 0.29) is 19.4 Å². The summed E-state index contributed by atoms with van der Waals surface area (Å²) >= 11 is 0. The molecule has 0 aromatic carbocycles. The number of carbonyl (C=O) groups is 2. The molecule has 0 aromatic heterocycles. The topological polar surface area (TPSA) is 110 Å². The molecule has 1 aliphatic carbocycles. The van der Waals surface area contributed by atoms with E-state index in [4.69, 9.17) is 5.11 Å². The van der Waals surface area contributed by atoms with Crippen LogP contribution in [0.2, 0.25) is 0 Å². The lowest BCUT2D eigenvalue weighted by molar-refractivity contribution is -0.143. The van der Waals surface area contributed by atoms with E-state index >= 15 is 0 Å². The average molecular weight is 277 g/mol. The predicted octanol–water partition coefficient (Wildman–Crippen LogP) is -0.0710. The number of hydrogen-bond acceptors (Lipinski definition) is 5. The van der Waals surface area contributed by atoms with Crippen LogP contribution in [0.15, 0.2) is 12.7 Å². The van der Waals surface area contributed by atoms with Gasteiger partial charge in [0.2, 0.25) is 0 Å². The number of alkyl carbamates (subject to hydrolysis) is 1. The molecule has 0 radical (unpaired) electrons. The molecule has 2 N–H and O–H groups in total. The smallest absolute Gasteiger partial charge is 0.407 e. The summed E-state index contributed by atoms with van der Waals surface area (Å²) in [6, 6.07) is -0.506. The first-order valence-corrected chi connectivity index (χ1v) is 7.09. The fraction of sp³-hybridized carbons (Fsp3) is 0.600. The van der Waals surface area contributed by atoms with Gasteiger partial charge in [0.25, 0.3) is 0 Å². The summed E-state index contributed by atoms with van der Waals surface area (Å²) < 4.78 is 25.7. The van der Waals surface area contributed by atoms with E-state index in [0.29, 0.717) is 0 Å². The second kappa shape index (κ2) is 4.97. The third kappa shape index (κ3) is 2.63. The standard InChI is InChI=1S/C10H15NO6S/c1-3-4-17-9(14)11-7-5-10(6-7,8(12)13)18(2,15)16/h3,7H,1,4-6H2,2H3,(H,11,14)(H,12,13). The Morgan fingerprint density at radius 3 is 2.50 bits per heavy atom. The number of carbonyl (C=O) groups excluding carboxylic acids is 1. The van der Waals surface area contributed by atoms with E-state index in [0.717, 1.165) is 6.26 Å². The number of rotatable bonds is 5. The lowest BCUT2D eigenvalue weighted by Gasteiger charge is -2.42. The van der Waals surface area contributed by atoms with E-state index in [1.807, 2.05) is 0 Å². The van der Waals surface area contributed by atoms with E-state index in [1.165, 1.54) is 6.08 Å². The fourth-order valence-corrected chi connectivity index (χ4v) is 3.14. The molecule has 1 aliphatic rings. The zero-order chi connectivity index (χ0) is 14.0. The van der Waals surface area contributed by atoms with Gasteiger partial charge < -0.3 is 15.2 Å². The first-order chi connectivity index (χ1) is 8.23. The minimum atomic E-state index is -3.72. The number of ether oxygens (including phenoxy) is 1. The van der Waals surface area contributed by atoms with Crippen molar-refractivity contribution in [1.82, 2.24) is 5.32 Å². The zero-order valence-electron chi connectivity index (χ0n) is 9.88. The highest BCUT2D eigenvalue weighted by Gasteiger charge is 2.58. The molecule has 1 rings (SSSR count). The van der Waals surface area contributed by atoms with Crippen molar-refractivity contribution >= 4 is 21.9 Å². The van der Waals surface area contributed by atoms with Crippen molar-refractivity contribution < 1.29 is 27.9 Å². The van der Waals surface area contributed by atoms with Gasteiger partial charge in [0.05, 0.1) is 0 Å². The highest BCUT2D eigenvalue weighted by atomic mass is 32.2. The molecule has 18 heavy (non-hydrogen) atoms. The number of hydrogen-bond donors (Lipinski definition) is 2. The van der Waals surface area contributed by atoms with Gasteiger partial charge in [0.15, 0.2) is 14.6 Å². The van der Waals surface area contributed by atoms with Crippen LogP contribution in [0.5, 0.6) is 0 Å². The number of aliphatic carboxylic acids is 1. The van der Waals surface area contributed by atoms with Crippen LogP contribution >= 0.6 is 0 Å². The fourth-order valence-electron chi connectivity index (χ4n) is 1.82. The summed E-state index contributed by atoms with van der Waals surface area (Å²) in [7, 11) is -3.72. The molecule has 0 spiro atoms. The Hall–Kier alpha value is -1.57. The predicted molar refractivity (Wildman–Crippen MR) is 62.9 cm³/mol. The van der Waals surface area contributed by atoms with Gasteiger partial charge in [-0.05, 0) is 12.8 Å². The highest BCUT2D eigenvalue weighted by molar-refractivity contribution is 7.93. The molecule has 1 saturated carbocycles. The Morgan fingerprint density at radius 2 is 2.11 bits per heavy atom. The molecule has 0 aliphatic heterocycles. The first kappa shape index (κ1) is 14.5. The van der Waals surface area contributed by atoms with Crippen molar-refractivity contribution in [3.05, 3.63) is 12.7 Å². The van der Waals surface area contributed by atoms with Crippen LogP contribution < -0.4 is 5.32 Å². The van der Waals surface area contributed by atoms with Crippen molar-refractivity contribution in [1.29, 1.82) is 0 Å². The Morgan fingerprint density at radius 1 is 1.56 bits per heavy atom. The zero-order valence-corrected chi connectivity index (χ0v) is 10.7. The minimum Gasteiger partial charge on any atom is -0.480 e. The van der Waals surface area contributed by atoms with Crippen molar-refractivity contribution in [2.75, 3.05) is 12.9 Å². The Bertz CT molecular complexity index is 463. The Kier molecular flexibility index (Phi) is 4.00. The van der Waals surface area contributed by atoms with E-state index in [1.54, 1.807) is 0 Å². The van der Waals surface area contributed by atoms with Crippen molar-refractivity contribution in [3.8, 4) is 0 Å². The minimum absolute atomic E-state index is 0.0364. The lowest BCUT2D eigenvalue weighted by atomic mass is 9.79. The highest BCUT2D eigenvalue weighted by Crippen LogP contribution is 2.39. The maximum atomic E-state index is 11.4. The summed E-state index contributed by atoms with van der Waals surface area (Å²) in [6.07, 6.45) is 1.26. The van der Waals surface area contributed by atoms with Gasteiger partial charge in [-0.15, -0.1) is 0 Å². The molecule has 0 aromatic rings.